The zero-order chi connectivity index (χ0) is 23.8. The van der Waals surface area contributed by atoms with E-state index in [1.807, 2.05) is 6.92 Å². The predicted octanol–water partition coefficient (Wildman–Crippen LogP) is 0.00530. The third-order valence-electron chi connectivity index (χ3n) is 5.23. The maximum atomic E-state index is 12.3. The highest BCUT2D eigenvalue weighted by molar-refractivity contribution is 7.90. The first-order valence-electron chi connectivity index (χ1n) is 10.2. The first-order chi connectivity index (χ1) is 15.7. The van der Waals surface area contributed by atoms with Gasteiger partial charge in [0, 0.05) is 19.2 Å². The van der Waals surface area contributed by atoms with Crippen molar-refractivity contribution in [1.29, 1.82) is 0 Å². The number of hydrogen-bond donors (Lipinski definition) is 2. The van der Waals surface area contributed by atoms with Crippen LogP contribution in [0.3, 0.4) is 0 Å². The van der Waals surface area contributed by atoms with Crippen molar-refractivity contribution in [3.05, 3.63) is 56.5 Å². The minimum Gasteiger partial charge on any atom is -0.456 e. The number of ether oxygens (including phenoxy) is 1. The molecule has 0 unspecified atom stereocenters. The summed E-state index contributed by atoms with van der Waals surface area (Å²) in [4.78, 5) is 47.5. The fourth-order valence-electron chi connectivity index (χ4n) is 3.53. The van der Waals surface area contributed by atoms with Crippen LogP contribution in [0.5, 0.6) is 0 Å². The fraction of sp³-hybridized carbons (Fsp3) is 0.350. The van der Waals surface area contributed by atoms with Crippen LogP contribution in [0.1, 0.15) is 31.2 Å². The van der Waals surface area contributed by atoms with Crippen LogP contribution in [-0.4, -0.2) is 45.9 Å². The van der Waals surface area contributed by atoms with E-state index in [1.54, 1.807) is 25.2 Å². The number of benzene rings is 1. The highest BCUT2D eigenvalue weighted by atomic mass is 32.2. The number of aryl methyl sites for hydroxylation is 2. The lowest BCUT2D eigenvalue weighted by molar-refractivity contribution is -0.143. The average molecular weight is 474 g/mol. The van der Waals surface area contributed by atoms with Crippen LogP contribution in [0, 0.1) is 0 Å². The number of sulfonamides is 1. The summed E-state index contributed by atoms with van der Waals surface area (Å²) in [6.45, 7) is 1.71. The number of carbonyl (C=O) groups excluding carboxylic acids is 1. The molecule has 12 nitrogen and oxygen atoms in total. The van der Waals surface area contributed by atoms with Crippen molar-refractivity contribution in [3.63, 3.8) is 0 Å². The van der Waals surface area contributed by atoms with Crippen LogP contribution in [0.4, 0.5) is 0 Å². The van der Waals surface area contributed by atoms with Crippen molar-refractivity contribution in [2.45, 2.75) is 37.8 Å². The summed E-state index contributed by atoms with van der Waals surface area (Å²) in [7, 11) is -2.11. The number of carbonyl (C=O) groups is 1. The van der Waals surface area contributed by atoms with Gasteiger partial charge in [-0.05, 0) is 18.6 Å². The molecule has 0 aliphatic carbocycles. The Hall–Kier alpha value is -3.74. The summed E-state index contributed by atoms with van der Waals surface area (Å²) in [5, 5.41) is 0. The Kier molecular flexibility index (Phi) is 5.89. The van der Waals surface area contributed by atoms with E-state index in [-0.39, 0.29) is 34.3 Å². The molecule has 0 saturated carbocycles. The smallest absolute Gasteiger partial charge is 0.330 e. The number of amidine groups is 1. The van der Waals surface area contributed by atoms with Crippen molar-refractivity contribution >= 4 is 33.0 Å². The Morgan fingerprint density at radius 3 is 2.76 bits per heavy atom. The monoisotopic (exact) mass is 474 g/mol. The van der Waals surface area contributed by atoms with E-state index in [0.717, 1.165) is 12.8 Å². The molecule has 33 heavy (non-hydrogen) atoms. The molecule has 1 aromatic carbocycles. The van der Waals surface area contributed by atoms with E-state index in [9.17, 15) is 22.8 Å². The van der Waals surface area contributed by atoms with Gasteiger partial charge in [0.05, 0.1) is 4.90 Å². The predicted molar refractivity (Wildman–Crippen MR) is 118 cm³/mol. The van der Waals surface area contributed by atoms with Crippen LogP contribution < -0.4 is 16.0 Å². The standard InChI is InChI=1S/C20H22N6O6S/c1-3-4-9-26-18-16(19(28)23-20(26)29)25(2)14(22-18)11-32-15(27)10-21-17-12-7-5-6-8-13(12)33(30,31)24-17/h5-8H,3-4,9-11H2,1-2H3,(H,21,24)(H,23,28,29). The zero-order valence-electron chi connectivity index (χ0n) is 18.0. The molecule has 0 spiro atoms. The maximum Gasteiger partial charge on any atom is 0.330 e. The third kappa shape index (κ3) is 4.18. The van der Waals surface area contributed by atoms with E-state index in [2.05, 4.69) is 19.7 Å². The van der Waals surface area contributed by atoms with E-state index in [0.29, 0.717) is 12.1 Å². The molecule has 3 aromatic rings. The van der Waals surface area contributed by atoms with Gasteiger partial charge in [-0.1, -0.05) is 25.5 Å². The number of fused-ring (bicyclic) bond motifs is 2. The number of esters is 1. The quantitative estimate of drug-likeness (QED) is 0.456. The summed E-state index contributed by atoms with van der Waals surface area (Å²) in [6.07, 6.45) is 1.59. The van der Waals surface area contributed by atoms with Gasteiger partial charge in [0.1, 0.15) is 24.8 Å². The van der Waals surface area contributed by atoms with Gasteiger partial charge in [-0.15, -0.1) is 0 Å². The Balaban J connectivity index is 1.51. The molecule has 0 saturated heterocycles. The SMILES string of the molecule is CCCCn1c(=O)[nH]c(=O)c2c1nc(COC(=O)CN=C1NS(=O)(=O)c3ccccc31)n2C. The molecular formula is C20H22N6O6S. The summed E-state index contributed by atoms with van der Waals surface area (Å²) in [5.74, 6) is -0.369. The second-order valence-electron chi connectivity index (χ2n) is 7.45. The van der Waals surface area contributed by atoms with E-state index in [4.69, 9.17) is 4.74 Å². The zero-order valence-corrected chi connectivity index (χ0v) is 18.8. The summed E-state index contributed by atoms with van der Waals surface area (Å²) < 4.78 is 34.6. The van der Waals surface area contributed by atoms with Gasteiger partial charge in [-0.25, -0.2) is 18.2 Å². The molecule has 174 valence electrons. The number of nitrogens with one attached hydrogen (secondary N) is 2. The lowest BCUT2D eigenvalue weighted by Gasteiger charge is -2.05. The summed E-state index contributed by atoms with van der Waals surface area (Å²) in [6, 6.07) is 6.31. The molecule has 4 rings (SSSR count). The van der Waals surface area contributed by atoms with Crippen molar-refractivity contribution < 1.29 is 17.9 Å². The fourth-order valence-corrected chi connectivity index (χ4v) is 4.78. The van der Waals surface area contributed by atoms with Crippen LogP contribution in [0.15, 0.2) is 43.7 Å². The molecule has 1 aliphatic heterocycles. The molecule has 0 radical (unpaired) electrons. The molecule has 13 heteroatoms. The van der Waals surface area contributed by atoms with Gasteiger partial charge < -0.3 is 9.30 Å². The van der Waals surface area contributed by atoms with E-state index >= 15 is 0 Å². The van der Waals surface area contributed by atoms with Gasteiger partial charge in [0.2, 0.25) is 0 Å². The minimum atomic E-state index is -3.70. The van der Waals surface area contributed by atoms with Crippen LogP contribution in [0.2, 0.25) is 0 Å². The molecule has 0 atom stereocenters. The maximum absolute atomic E-state index is 12.3. The van der Waals surface area contributed by atoms with E-state index < -0.39 is 33.8 Å². The Labute approximate surface area is 188 Å². The number of rotatable bonds is 7. The lowest BCUT2D eigenvalue weighted by atomic mass is 10.2. The molecular weight excluding hydrogens is 452 g/mol. The Bertz CT molecular complexity index is 1500. The number of hydrogen-bond acceptors (Lipinski definition) is 8. The third-order valence-corrected chi connectivity index (χ3v) is 6.63. The number of aromatic nitrogens is 4. The van der Waals surface area contributed by atoms with Gasteiger partial charge in [0.25, 0.3) is 15.6 Å². The topological polar surface area (TPSA) is 158 Å². The Morgan fingerprint density at radius 1 is 1.24 bits per heavy atom. The number of nitrogens with zero attached hydrogens (tertiary/aromatic N) is 4. The molecule has 1 aliphatic rings. The van der Waals surface area contributed by atoms with Crippen LogP contribution in [-0.2, 0) is 39.8 Å². The molecule has 0 bridgehead atoms. The summed E-state index contributed by atoms with van der Waals surface area (Å²) >= 11 is 0. The first kappa shape index (κ1) is 22.5. The number of imidazole rings is 1. The van der Waals surface area contributed by atoms with Crippen LogP contribution >= 0.6 is 0 Å². The van der Waals surface area contributed by atoms with Crippen molar-refractivity contribution in [3.8, 4) is 0 Å². The second kappa shape index (κ2) is 8.65. The summed E-state index contributed by atoms with van der Waals surface area (Å²) in [5.41, 5.74) is -0.312. The van der Waals surface area contributed by atoms with Gasteiger partial charge in [-0.2, -0.15) is 0 Å². The van der Waals surface area contributed by atoms with Crippen molar-refractivity contribution in [2.75, 3.05) is 6.54 Å². The first-order valence-corrected chi connectivity index (χ1v) is 11.7. The van der Waals surface area contributed by atoms with Crippen LogP contribution in [0.25, 0.3) is 11.2 Å². The number of unbranched alkanes of at least 4 members (excludes halogenated alkanes) is 1. The normalized spacial score (nSPS) is 15.5. The van der Waals surface area contributed by atoms with Crippen molar-refractivity contribution in [1.82, 2.24) is 23.8 Å². The van der Waals surface area contributed by atoms with E-state index in [1.165, 1.54) is 15.2 Å². The lowest BCUT2D eigenvalue weighted by Crippen LogP contribution is -2.31. The average Bonchev–Trinajstić information content (AvgIpc) is 3.24. The molecule has 2 aromatic heterocycles. The molecule has 0 amide bonds. The molecule has 2 N–H and O–H groups in total. The minimum absolute atomic E-state index is 0.0664. The largest absolute Gasteiger partial charge is 0.456 e. The Morgan fingerprint density at radius 2 is 2.00 bits per heavy atom. The number of H-pyrrole nitrogens is 1. The second-order valence-corrected chi connectivity index (χ2v) is 9.10. The van der Waals surface area contributed by atoms with Crippen molar-refractivity contribution in [2.24, 2.45) is 12.0 Å². The highest BCUT2D eigenvalue weighted by Gasteiger charge is 2.30. The van der Waals surface area contributed by atoms with Gasteiger partial charge >= 0.3 is 11.7 Å². The number of aromatic amines is 1. The van der Waals surface area contributed by atoms with Gasteiger partial charge in [-0.3, -0.25) is 28.9 Å². The molecule has 0 fully saturated rings. The molecule has 3 heterocycles. The number of aliphatic imine (C=N–C) groups is 1. The van der Waals surface area contributed by atoms with Gasteiger partial charge in [0.15, 0.2) is 11.2 Å². The highest BCUT2D eigenvalue weighted by Crippen LogP contribution is 2.22.